The quantitative estimate of drug-likeness (QED) is 0.101. The molecule has 0 bridgehead atoms. The summed E-state index contributed by atoms with van der Waals surface area (Å²) in [5.74, 6) is -1.66. The molecule has 0 aliphatic carbocycles. The number of nitrogens with one attached hydrogen (secondary N) is 2. The average molecular weight is 515 g/mol. The third-order valence-corrected chi connectivity index (χ3v) is 5.27. The first-order valence-corrected chi connectivity index (χ1v) is 12.5. The van der Waals surface area contributed by atoms with E-state index in [-0.39, 0.29) is 75.0 Å². The van der Waals surface area contributed by atoms with Crippen LogP contribution in [0.2, 0.25) is 0 Å². The number of nitrogens with zero attached hydrogens (tertiary/aromatic N) is 2. The number of ketones is 2. The minimum atomic E-state index is -0.542. The smallest absolute Gasteiger partial charge is 0.246 e. The van der Waals surface area contributed by atoms with Gasteiger partial charge in [0.15, 0.2) is 0 Å². The molecular weight excluding hydrogens is 472 g/mol. The Bertz CT molecular complexity index is 729. The number of hydrogen-bond donors (Lipinski definition) is 4. The molecule has 0 atom stereocenters. The molecule has 0 unspecified atom stereocenters. The first kappa shape index (κ1) is 33.1. The molecular formula is C24H42N4O8. The summed E-state index contributed by atoms with van der Waals surface area (Å²) in [5.41, 5.74) is 0. The molecule has 0 rings (SSSR count). The van der Waals surface area contributed by atoms with Crippen molar-refractivity contribution >= 4 is 35.2 Å². The summed E-state index contributed by atoms with van der Waals surface area (Å²) in [6.07, 6.45) is 4.10. The zero-order valence-electron chi connectivity index (χ0n) is 21.6. The normalized spacial score (nSPS) is 10.4. The van der Waals surface area contributed by atoms with Gasteiger partial charge in [-0.05, 0) is 52.4 Å². The van der Waals surface area contributed by atoms with Crippen molar-refractivity contribution in [1.82, 2.24) is 20.8 Å². The maximum Gasteiger partial charge on any atom is 0.246 e. The molecule has 0 aromatic carbocycles. The average Bonchev–Trinajstić information content (AvgIpc) is 2.83. The number of unbranched alkanes of at least 4 members (excludes halogenated alkanes) is 4. The number of hydroxylamine groups is 4. The van der Waals surface area contributed by atoms with Crippen LogP contribution in [0.5, 0.6) is 0 Å². The molecule has 4 N–H and O–H groups in total. The predicted octanol–water partition coefficient (Wildman–Crippen LogP) is 1.51. The Kier molecular flexibility index (Phi) is 18.7. The highest BCUT2D eigenvalue weighted by atomic mass is 16.5. The van der Waals surface area contributed by atoms with Gasteiger partial charge < -0.3 is 20.2 Å². The van der Waals surface area contributed by atoms with Crippen LogP contribution in [0.3, 0.4) is 0 Å². The van der Waals surface area contributed by atoms with Crippen LogP contribution in [0.1, 0.15) is 90.9 Å². The molecule has 0 aromatic rings. The van der Waals surface area contributed by atoms with Gasteiger partial charge in [0.2, 0.25) is 23.6 Å². The van der Waals surface area contributed by atoms with Crippen molar-refractivity contribution in [3.8, 4) is 0 Å². The molecule has 4 amide bonds. The Morgan fingerprint density at radius 1 is 0.528 bits per heavy atom. The lowest BCUT2D eigenvalue weighted by atomic mass is 10.2. The summed E-state index contributed by atoms with van der Waals surface area (Å²) in [4.78, 5) is 68.6. The van der Waals surface area contributed by atoms with E-state index in [9.17, 15) is 39.2 Å². The third-order valence-electron chi connectivity index (χ3n) is 5.27. The van der Waals surface area contributed by atoms with Gasteiger partial charge in [-0.1, -0.05) is 0 Å². The van der Waals surface area contributed by atoms with E-state index in [1.54, 1.807) is 0 Å². The second-order valence-electron chi connectivity index (χ2n) is 8.76. The topological polar surface area (TPSA) is 173 Å². The van der Waals surface area contributed by atoms with Gasteiger partial charge in [0.1, 0.15) is 11.6 Å². The van der Waals surface area contributed by atoms with Gasteiger partial charge in [-0.3, -0.25) is 29.6 Å². The molecule has 0 saturated carbocycles. The van der Waals surface area contributed by atoms with Crippen LogP contribution in [0, 0.1) is 0 Å². The lowest BCUT2D eigenvalue weighted by Gasteiger charge is -2.15. The number of amides is 4. The molecule has 0 aliphatic rings. The van der Waals surface area contributed by atoms with E-state index in [0.717, 1.165) is 0 Å². The van der Waals surface area contributed by atoms with Gasteiger partial charge >= 0.3 is 0 Å². The van der Waals surface area contributed by atoms with Crippen LogP contribution in [-0.4, -0.2) is 81.9 Å². The molecule has 0 radical (unpaired) electrons. The van der Waals surface area contributed by atoms with Crippen molar-refractivity contribution in [1.29, 1.82) is 0 Å². The molecule has 0 aromatic heterocycles. The minimum Gasteiger partial charge on any atom is -0.356 e. The predicted molar refractivity (Wildman–Crippen MR) is 130 cm³/mol. The third kappa shape index (κ3) is 19.4. The summed E-state index contributed by atoms with van der Waals surface area (Å²) in [5, 5.41) is 26.0. The molecule has 0 saturated heterocycles. The zero-order valence-corrected chi connectivity index (χ0v) is 21.6. The Morgan fingerprint density at radius 2 is 0.889 bits per heavy atom. The number of carbonyl (C=O) groups excluding carboxylic acids is 6. The van der Waals surface area contributed by atoms with Gasteiger partial charge in [-0.2, -0.15) is 0 Å². The second kappa shape index (κ2) is 20.3. The summed E-state index contributed by atoms with van der Waals surface area (Å²) in [6, 6.07) is 0. The summed E-state index contributed by atoms with van der Waals surface area (Å²) in [7, 11) is 0. The number of Topliss-reactive ketones (excluding diaryl/α,β-unsaturated/α-hetero) is 2. The first-order chi connectivity index (χ1) is 17.0. The van der Waals surface area contributed by atoms with E-state index in [1.165, 1.54) is 13.8 Å². The number of carbonyl (C=O) groups is 6. The minimum absolute atomic E-state index is 0.0183. The van der Waals surface area contributed by atoms with Crippen molar-refractivity contribution < 1.29 is 39.2 Å². The lowest BCUT2D eigenvalue weighted by Crippen LogP contribution is -2.31. The van der Waals surface area contributed by atoms with Crippen molar-refractivity contribution in [2.24, 2.45) is 0 Å². The second-order valence-corrected chi connectivity index (χ2v) is 8.76. The molecule has 0 fully saturated rings. The molecule has 12 nitrogen and oxygen atoms in total. The van der Waals surface area contributed by atoms with E-state index >= 15 is 0 Å². The summed E-state index contributed by atoms with van der Waals surface area (Å²) >= 11 is 0. The molecule has 206 valence electrons. The van der Waals surface area contributed by atoms with Gasteiger partial charge in [0.25, 0.3) is 0 Å². The highest BCUT2D eigenvalue weighted by Gasteiger charge is 2.13. The molecule has 36 heavy (non-hydrogen) atoms. The standard InChI is InChI=1S/C24H42N4O8/c1-19(29)9-11-21(31)25-15-5-3-8-18-28(36)24(34)14-12-22(32)26-16-6-4-7-17-27(35)23(33)13-10-20(2)30/h35-36H,3-18H2,1-2H3,(H,25,31)(H,26,32). The largest absolute Gasteiger partial charge is 0.356 e. The van der Waals surface area contributed by atoms with Crippen LogP contribution in [0.25, 0.3) is 0 Å². The van der Waals surface area contributed by atoms with Crippen LogP contribution in [-0.2, 0) is 28.8 Å². The van der Waals surface area contributed by atoms with Crippen molar-refractivity contribution in [2.75, 3.05) is 26.2 Å². The van der Waals surface area contributed by atoms with E-state index < -0.39 is 11.8 Å². The molecule has 0 spiro atoms. The van der Waals surface area contributed by atoms with E-state index in [0.29, 0.717) is 61.7 Å². The molecule has 12 heteroatoms. The Balaban J connectivity index is 3.73. The Morgan fingerprint density at radius 3 is 1.31 bits per heavy atom. The fourth-order valence-electron chi connectivity index (χ4n) is 3.06. The molecule has 0 aliphatic heterocycles. The maximum atomic E-state index is 11.9. The highest BCUT2D eigenvalue weighted by Crippen LogP contribution is 2.03. The zero-order chi connectivity index (χ0) is 27.3. The van der Waals surface area contributed by atoms with Gasteiger partial charge in [-0.25, -0.2) is 10.1 Å². The van der Waals surface area contributed by atoms with Gasteiger partial charge in [0.05, 0.1) is 0 Å². The van der Waals surface area contributed by atoms with Crippen LogP contribution >= 0.6 is 0 Å². The fraction of sp³-hybridized carbons (Fsp3) is 0.750. The van der Waals surface area contributed by atoms with E-state index in [4.69, 9.17) is 0 Å². The van der Waals surface area contributed by atoms with Crippen LogP contribution in [0.4, 0.5) is 0 Å². The SMILES string of the molecule is CC(=O)CCC(=O)NCCCCCN(O)C(=O)CCC(=O)NCCCCCN(O)C(=O)CCC(C)=O. The molecule has 0 heterocycles. The van der Waals surface area contributed by atoms with E-state index in [2.05, 4.69) is 10.6 Å². The number of rotatable bonds is 21. The van der Waals surface area contributed by atoms with Crippen LogP contribution < -0.4 is 10.6 Å². The monoisotopic (exact) mass is 514 g/mol. The maximum absolute atomic E-state index is 11.9. The van der Waals surface area contributed by atoms with Gasteiger partial charge in [-0.15, -0.1) is 0 Å². The summed E-state index contributed by atoms with van der Waals surface area (Å²) in [6.45, 7) is 3.97. The van der Waals surface area contributed by atoms with E-state index in [1.807, 2.05) is 0 Å². The highest BCUT2D eigenvalue weighted by molar-refractivity contribution is 5.84. The van der Waals surface area contributed by atoms with Gasteiger partial charge in [0, 0.05) is 64.7 Å². The van der Waals surface area contributed by atoms with Crippen molar-refractivity contribution in [3.63, 3.8) is 0 Å². The lowest BCUT2D eigenvalue weighted by molar-refractivity contribution is -0.166. The first-order valence-electron chi connectivity index (χ1n) is 12.5. The fourth-order valence-corrected chi connectivity index (χ4v) is 3.06. The number of hydrogen-bond acceptors (Lipinski definition) is 8. The van der Waals surface area contributed by atoms with Crippen LogP contribution in [0.15, 0.2) is 0 Å². The Labute approximate surface area is 212 Å². The van der Waals surface area contributed by atoms with Crippen molar-refractivity contribution in [3.05, 3.63) is 0 Å². The summed E-state index contributed by atoms with van der Waals surface area (Å²) < 4.78 is 0. The van der Waals surface area contributed by atoms with Crippen molar-refractivity contribution in [2.45, 2.75) is 90.9 Å². The Hall–Kier alpha value is -2.86.